The predicted molar refractivity (Wildman–Crippen MR) is 97.9 cm³/mol. The third-order valence-corrected chi connectivity index (χ3v) is 6.86. The highest BCUT2D eigenvalue weighted by Gasteiger charge is 2.57. The van der Waals surface area contributed by atoms with Gasteiger partial charge in [0.05, 0.1) is 19.1 Å². The molecule has 0 aliphatic heterocycles. The second-order valence-corrected chi connectivity index (χ2v) is 8.36. The molecule has 4 nitrogen and oxygen atoms in total. The van der Waals surface area contributed by atoms with Crippen LogP contribution in [-0.4, -0.2) is 30.6 Å². The van der Waals surface area contributed by atoms with Gasteiger partial charge in [-0.2, -0.15) is 0 Å². The summed E-state index contributed by atoms with van der Waals surface area (Å²) < 4.78 is 4.70. The summed E-state index contributed by atoms with van der Waals surface area (Å²) in [5.41, 5.74) is 1.59. The van der Waals surface area contributed by atoms with E-state index < -0.39 is 5.41 Å². The number of carbonyl (C=O) groups is 2. The van der Waals surface area contributed by atoms with Crippen LogP contribution in [-0.2, 0) is 14.3 Å². The molecule has 2 rings (SSSR count). The molecule has 0 aromatic rings. The zero-order chi connectivity index (χ0) is 18.8. The summed E-state index contributed by atoms with van der Waals surface area (Å²) in [6.07, 6.45) is 6.50. The summed E-state index contributed by atoms with van der Waals surface area (Å²) in [6, 6.07) is 0. The number of carbonyl (C=O) groups excluding carboxylic acids is 2. The van der Waals surface area contributed by atoms with Crippen molar-refractivity contribution in [3.8, 4) is 0 Å². The first-order valence-electron chi connectivity index (χ1n) is 9.26. The van der Waals surface area contributed by atoms with Gasteiger partial charge in [-0.1, -0.05) is 31.6 Å². The van der Waals surface area contributed by atoms with Gasteiger partial charge < -0.3 is 9.84 Å². The minimum Gasteiger partial charge on any atom is -0.466 e. The van der Waals surface area contributed by atoms with E-state index in [1.165, 1.54) is 12.7 Å². The van der Waals surface area contributed by atoms with Crippen LogP contribution in [0.1, 0.15) is 59.3 Å². The molecule has 4 atom stereocenters. The highest BCUT2D eigenvalue weighted by molar-refractivity contribution is 5.86. The zero-order valence-corrected chi connectivity index (χ0v) is 16.1. The van der Waals surface area contributed by atoms with Crippen LogP contribution in [0.3, 0.4) is 0 Å². The molecule has 2 aliphatic rings. The normalized spacial score (nSPS) is 36.1. The number of fused-ring (bicyclic) bond motifs is 1. The van der Waals surface area contributed by atoms with E-state index in [2.05, 4.69) is 13.5 Å². The number of rotatable bonds is 5. The lowest BCUT2D eigenvalue weighted by Crippen LogP contribution is -2.55. The Hall–Kier alpha value is -1.42. The number of ether oxygens (including phenoxy) is 1. The average molecular weight is 348 g/mol. The van der Waals surface area contributed by atoms with E-state index in [0.29, 0.717) is 12.3 Å². The smallest absolute Gasteiger partial charge is 0.330 e. The second kappa shape index (κ2) is 7.45. The zero-order valence-electron chi connectivity index (χ0n) is 16.1. The Morgan fingerprint density at radius 1 is 1.40 bits per heavy atom. The van der Waals surface area contributed by atoms with E-state index in [4.69, 9.17) is 4.74 Å². The Morgan fingerprint density at radius 2 is 2.08 bits per heavy atom. The van der Waals surface area contributed by atoms with Gasteiger partial charge in [0.25, 0.3) is 0 Å². The molecule has 0 aromatic carbocycles. The molecule has 25 heavy (non-hydrogen) atoms. The van der Waals surface area contributed by atoms with E-state index in [1.54, 1.807) is 6.08 Å². The van der Waals surface area contributed by atoms with Crippen molar-refractivity contribution in [3.05, 3.63) is 23.8 Å². The van der Waals surface area contributed by atoms with Crippen LogP contribution in [0.15, 0.2) is 23.8 Å². The van der Waals surface area contributed by atoms with Crippen molar-refractivity contribution >= 4 is 11.8 Å². The van der Waals surface area contributed by atoms with Crippen molar-refractivity contribution in [3.63, 3.8) is 0 Å². The summed E-state index contributed by atoms with van der Waals surface area (Å²) in [5, 5.41) is 9.97. The molecule has 140 valence electrons. The Kier molecular flexibility index (Phi) is 5.93. The molecule has 0 heterocycles. The van der Waals surface area contributed by atoms with E-state index in [0.717, 1.165) is 37.7 Å². The van der Waals surface area contributed by atoms with Gasteiger partial charge in [0.1, 0.15) is 5.78 Å². The number of hydrogen-bond acceptors (Lipinski definition) is 4. The van der Waals surface area contributed by atoms with Crippen molar-refractivity contribution in [1.29, 1.82) is 0 Å². The first-order chi connectivity index (χ1) is 11.7. The Balaban J connectivity index is 2.22. The van der Waals surface area contributed by atoms with Crippen molar-refractivity contribution in [2.45, 2.75) is 59.3 Å². The third kappa shape index (κ3) is 3.59. The fourth-order valence-electron chi connectivity index (χ4n) is 5.24. The molecule has 0 amide bonds. The third-order valence-electron chi connectivity index (χ3n) is 6.86. The van der Waals surface area contributed by atoms with E-state index >= 15 is 0 Å². The van der Waals surface area contributed by atoms with Crippen LogP contribution in [0.2, 0.25) is 0 Å². The van der Waals surface area contributed by atoms with Crippen LogP contribution >= 0.6 is 0 Å². The minimum absolute atomic E-state index is 0.0216. The summed E-state index contributed by atoms with van der Waals surface area (Å²) in [7, 11) is 1.38. The number of methoxy groups -OCH3 is 1. The number of Topliss-reactive ketones (excluding diaryl/α,β-unsaturated/α-hetero) is 1. The molecule has 0 spiro atoms. The molecular weight excluding hydrogens is 316 g/mol. The molecule has 2 saturated carbocycles. The summed E-state index contributed by atoms with van der Waals surface area (Å²) in [6.45, 7) is 10.4. The SMILES string of the molecule is C=C1CCC2C(C)(CO)C(=O)CCC2(C)C1CCC(C)=CC(=O)OC. The molecule has 0 aromatic heterocycles. The highest BCUT2D eigenvalue weighted by Crippen LogP contribution is 2.60. The van der Waals surface area contributed by atoms with E-state index in [9.17, 15) is 14.7 Å². The molecule has 0 radical (unpaired) electrons. The standard InChI is InChI=1S/C21H32O4/c1-14(12-19(24)25-5)6-8-16-15(2)7-9-17-20(16,3)11-10-18(23)21(17,4)13-22/h12,16-17,22H,2,6-11,13H2,1,3-5H3. The van der Waals surface area contributed by atoms with Gasteiger partial charge in [-0.25, -0.2) is 4.79 Å². The molecule has 1 N–H and O–H groups in total. The van der Waals surface area contributed by atoms with Crippen molar-refractivity contribution < 1.29 is 19.4 Å². The molecule has 4 heteroatoms. The van der Waals surface area contributed by atoms with Crippen LogP contribution < -0.4 is 0 Å². The second-order valence-electron chi connectivity index (χ2n) is 8.36. The lowest BCUT2D eigenvalue weighted by Gasteiger charge is -2.57. The van der Waals surface area contributed by atoms with Crippen molar-refractivity contribution in [1.82, 2.24) is 0 Å². The molecule has 0 saturated heterocycles. The van der Waals surface area contributed by atoms with Gasteiger partial charge in [-0.3, -0.25) is 4.79 Å². The van der Waals surface area contributed by atoms with Gasteiger partial charge in [-0.05, 0) is 56.3 Å². The predicted octanol–water partition coefficient (Wildman–Crippen LogP) is 3.84. The molecule has 2 fully saturated rings. The maximum Gasteiger partial charge on any atom is 0.330 e. The number of allylic oxidation sites excluding steroid dienone is 2. The van der Waals surface area contributed by atoms with Gasteiger partial charge >= 0.3 is 5.97 Å². The fraction of sp³-hybridized carbons (Fsp3) is 0.714. The van der Waals surface area contributed by atoms with Gasteiger partial charge in [0, 0.05) is 12.5 Å². The number of aliphatic hydroxyl groups is 1. The van der Waals surface area contributed by atoms with Gasteiger partial charge in [0.2, 0.25) is 0 Å². The fourth-order valence-corrected chi connectivity index (χ4v) is 5.24. The van der Waals surface area contributed by atoms with Crippen LogP contribution in [0.5, 0.6) is 0 Å². The van der Waals surface area contributed by atoms with Gasteiger partial charge in [0.15, 0.2) is 0 Å². The van der Waals surface area contributed by atoms with Crippen LogP contribution in [0.25, 0.3) is 0 Å². The number of esters is 1. The van der Waals surface area contributed by atoms with Gasteiger partial charge in [-0.15, -0.1) is 0 Å². The summed E-state index contributed by atoms with van der Waals surface area (Å²) in [5.74, 6) is 0.378. The van der Waals surface area contributed by atoms with E-state index in [-0.39, 0.29) is 29.7 Å². The maximum absolute atomic E-state index is 12.5. The summed E-state index contributed by atoms with van der Waals surface area (Å²) in [4.78, 5) is 23.9. The van der Waals surface area contributed by atoms with Crippen LogP contribution in [0, 0.1) is 22.7 Å². The van der Waals surface area contributed by atoms with Crippen molar-refractivity contribution in [2.24, 2.45) is 22.7 Å². The number of ketones is 1. The lowest BCUT2D eigenvalue weighted by atomic mass is 9.46. The largest absolute Gasteiger partial charge is 0.466 e. The minimum atomic E-state index is -0.636. The molecular formula is C21H32O4. The quantitative estimate of drug-likeness (QED) is 0.466. The summed E-state index contributed by atoms with van der Waals surface area (Å²) >= 11 is 0. The van der Waals surface area contributed by atoms with Crippen molar-refractivity contribution in [2.75, 3.05) is 13.7 Å². The molecule has 4 unspecified atom stereocenters. The Bertz CT molecular complexity index is 591. The number of hydrogen-bond donors (Lipinski definition) is 1. The van der Waals surface area contributed by atoms with Crippen LogP contribution in [0.4, 0.5) is 0 Å². The first kappa shape index (κ1) is 19.9. The molecule has 0 bridgehead atoms. The Labute approximate surface area is 151 Å². The Morgan fingerprint density at radius 3 is 2.68 bits per heavy atom. The maximum atomic E-state index is 12.5. The average Bonchev–Trinajstić information content (AvgIpc) is 2.57. The number of aliphatic hydroxyl groups excluding tert-OH is 1. The monoisotopic (exact) mass is 348 g/mol. The molecule has 2 aliphatic carbocycles. The van der Waals surface area contributed by atoms with E-state index in [1.807, 2.05) is 13.8 Å². The highest BCUT2D eigenvalue weighted by atomic mass is 16.5. The topological polar surface area (TPSA) is 63.6 Å². The first-order valence-corrected chi connectivity index (χ1v) is 9.26. The lowest BCUT2D eigenvalue weighted by molar-refractivity contribution is -0.152.